The molecule has 1 atom stereocenters. The lowest BCUT2D eigenvalue weighted by Crippen LogP contribution is -2.32. The first-order valence-electron chi connectivity index (χ1n) is 5.79. The first kappa shape index (κ1) is 9.97. The van der Waals surface area contributed by atoms with Crippen LogP contribution in [0.3, 0.4) is 0 Å². The Morgan fingerprint density at radius 2 is 2.00 bits per heavy atom. The van der Waals surface area contributed by atoms with E-state index in [-0.39, 0.29) is 6.04 Å². The number of rotatable bonds is 2. The van der Waals surface area contributed by atoms with Crippen molar-refractivity contribution in [3.63, 3.8) is 0 Å². The highest BCUT2D eigenvalue weighted by Gasteiger charge is 2.26. The van der Waals surface area contributed by atoms with Crippen molar-refractivity contribution in [2.24, 2.45) is 11.7 Å². The number of hydrogen-bond donors (Lipinski definition) is 1. The Hall–Kier alpha value is -0.570. The summed E-state index contributed by atoms with van der Waals surface area (Å²) in [4.78, 5) is 13.8. The lowest BCUT2D eigenvalue weighted by atomic mass is 10.0. The minimum atomic E-state index is 0.225. The zero-order valence-electron chi connectivity index (χ0n) is 8.74. The predicted octanol–water partition coefficient (Wildman–Crippen LogP) is 1.13. The third-order valence-electron chi connectivity index (χ3n) is 3.52. The number of hydrogen-bond acceptors (Lipinski definition) is 2. The molecule has 0 bridgehead atoms. The van der Waals surface area contributed by atoms with Crippen molar-refractivity contribution in [2.75, 3.05) is 13.1 Å². The van der Waals surface area contributed by atoms with E-state index in [0.717, 1.165) is 25.9 Å². The molecule has 3 heteroatoms. The average molecular weight is 196 g/mol. The minimum Gasteiger partial charge on any atom is -0.341 e. The third-order valence-corrected chi connectivity index (χ3v) is 3.52. The first-order valence-corrected chi connectivity index (χ1v) is 5.79. The molecule has 0 unspecified atom stereocenters. The molecule has 80 valence electrons. The fourth-order valence-corrected chi connectivity index (χ4v) is 2.60. The Labute approximate surface area is 85.6 Å². The number of carbonyl (C=O) groups excluding carboxylic acids is 1. The number of amides is 1. The molecular weight excluding hydrogens is 176 g/mol. The van der Waals surface area contributed by atoms with E-state index in [4.69, 9.17) is 5.73 Å². The van der Waals surface area contributed by atoms with E-state index in [2.05, 4.69) is 0 Å². The van der Waals surface area contributed by atoms with Crippen LogP contribution in [0.4, 0.5) is 0 Å². The summed E-state index contributed by atoms with van der Waals surface area (Å²) in [6, 6.07) is 0.225. The predicted molar refractivity (Wildman–Crippen MR) is 55.7 cm³/mol. The third kappa shape index (κ3) is 2.27. The number of carbonyl (C=O) groups is 1. The topological polar surface area (TPSA) is 46.3 Å². The van der Waals surface area contributed by atoms with E-state index in [9.17, 15) is 4.79 Å². The molecule has 1 saturated carbocycles. The van der Waals surface area contributed by atoms with Crippen LogP contribution in [0.25, 0.3) is 0 Å². The number of nitrogens with two attached hydrogens (primary N) is 1. The molecule has 3 nitrogen and oxygen atoms in total. The SMILES string of the molecule is N[C@@H]1CCN(C(=O)CC2CCCC2)C1. The van der Waals surface area contributed by atoms with Gasteiger partial charge in [0.25, 0.3) is 0 Å². The Bertz CT molecular complexity index is 211. The standard InChI is InChI=1S/C11H20N2O/c12-10-5-6-13(8-10)11(14)7-9-3-1-2-4-9/h9-10H,1-8,12H2/t10-/m1/s1. The summed E-state index contributed by atoms with van der Waals surface area (Å²) in [6.45, 7) is 1.66. The molecule has 0 aromatic carbocycles. The molecule has 1 aliphatic carbocycles. The van der Waals surface area contributed by atoms with Crippen LogP contribution in [-0.2, 0) is 4.79 Å². The first-order chi connectivity index (χ1) is 6.75. The van der Waals surface area contributed by atoms with Crippen LogP contribution in [0.1, 0.15) is 38.5 Å². The Kier molecular flexibility index (Phi) is 3.06. The van der Waals surface area contributed by atoms with E-state index < -0.39 is 0 Å². The summed E-state index contributed by atoms with van der Waals surface area (Å²) in [5.74, 6) is 1.00. The molecule has 0 aromatic rings. The maximum absolute atomic E-state index is 11.8. The average Bonchev–Trinajstić information content (AvgIpc) is 2.75. The Balaban J connectivity index is 1.77. The molecule has 14 heavy (non-hydrogen) atoms. The molecule has 2 N–H and O–H groups in total. The molecular formula is C11H20N2O. The summed E-state index contributed by atoms with van der Waals surface area (Å²) < 4.78 is 0. The van der Waals surface area contributed by atoms with Gasteiger partial charge < -0.3 is 10.6 Å². The van der Waals surface area contributed by atoms with Gasteiger partial charge in [-0.3, -0.25) is 4.79 Å². The van der Waals surface area contributed by atoms with Crippen molar-refractivity contribution in [3.8, 4) is 0 Å². The molecule has 2 aliphatic rings. The minimum absolute atomic E-state index is 0.225. The van der Waals surface area contributed by atoms with Crippen LogP contribution in [0, 0.1) is 5.92 Å². The van der Waals surface area contributed by atoms with E-state index in [1.165, 1.54) is 25.7 Å². The van der Waals surface area contributed by atoms with Gasteiger partial charge in [-0.25, -0.2) is 0 Å². The molecule has 0 radical (unpaired) electrons. The second kappa shape index (κ2) is 4.30. The van der Waals surface area contributed by atoms with Crippen LogP contribution in [0.5, 0.6) is 0 Å². The van der Waals surface area contributed by atoms with Crippen molar-refractivity contribution in [2.45, 2.75) is 44.6 Å². The van der Waals surface area contributed by atoms with Crippen LogP contribution in [0.15, 0.2) is 0 Å². The van der Waals surface area contributed by atoms with Crippen molar-refractivity contribution < 1.29 is 4.79 Å². The van der Waals surface area contributed by atoms with Gasteiger partial charge in [0.1, 0.15) is 0 Å². The molecule has 1 heterocycles. The lowest BCUT2D eigenvalue weighted by Gasteiger charge is -2.18. The Morgan fingerprint density at radius 3 is 2.57 bits per heavy atom. The molecule has 2 rings (SSSR count). The van der Waals surface area contributed by atoms with Gasteiger partial charge in [0, 0.05) is 25.6 Å². The van der Waals surface area contributed by atoms with Crippen LogP contribution >= 0.6 is 0 Å². The summed E-state index contributed by atoms with van der Waals surface area (Å²) in [5.41, 5.74) is 5.78. The van der Waals surface area contributed by atoms with Crippen molar-refractivity contribution in [1.82, 2.24) is 4.90 Å². The highest BCUT2D eigenvalue weighted by atomic mass is 16.2. The maximum atomic E-state index is 11.8. The molecule has 2 fully saturated rings. The highest BCUT2D eigenvalue weighted by Crippen LogP contribution is 2.28. The summed E-state index contributed by atoms with van der Waals surface area (Å²) in [6.07, 6.45) is 6.90. The quantitative estimate of drug-likeness (QED) is 0.719. The normalized spacial score (nSPS) is 28.6. The molecule has 1 aliphatic heterocycles. The fraction of sp³-hybridized carbons (Fsp3) is 0.909. The summed E-state index contributed by atoms with van der Waals surface area (Å²) >= 11 is 0. The lowest BCUT2D eigenvalue weighted by molar-refractivity contribution is -0.131. The van der Waals surface area contributed by atoms with Gasteiger partial charge in [-0.05, 0) is 25.2 Å². The van der Waals surface area contributed by atoms with E-state index >= 15 is 0 Å². The summed E-state index contributed by atoms with van der Waals surface area (Å²) in [5, 5.41) is 0. The van der Waals surface area contributed by atoms with Gasteiger partial charge in [-0.2, -0.15) is 0 Å². The molecule has 0 aromatic heterocycles. The van der Waals surface area contributed by atoms with Crippen molar-refractivity contribution in [3.05, 3.63) is 0 Å². The van der Waals surface area contributed by atoms with Crippen LogP contribution < -0.4 is 5.73 Å². The number of likely N-dealkylation sites (tertiary alicyclic amines) is 1. The van der Waals surface area contributed by atoms with Gasteiger partial charge >= 0.3 is 0 Å². The van der Waals surface area contributed by atoms with E-state index in [1.807, 2.05) is 4.90 Å². The monoisotopic (exact) mass is 196 g/mol. The van der Waals surface area contributed by atoms with Gasteiger partial charge in [0.05, 0.1) is 0 Å². The zero-order valence-corrected chi connectivity index (χ0v) is 8.74. The fourth-order valence-electron chi connectivity index (χ4n) is 2.60. The van der Waals surface area contributed by atoms with E-state index in [0.29, 0.717) is 11.8 Å². The maximum Gasteiger partial charge on any atom is 0.222 e. The second-order valence-electron chi connectivity index (χ2n) is 4.74. The smallest absolute Gasteiger partial charge is 0.222 e. The molecule has 1 saturated heterocycles. The summed E-state index contributed by atoms with van der Waals surface area (Å²) in [7, 11) is 0. The Morgan fingerprint density at radius 1 is 1.29 bits per heavy atom. The number of nitrogens with zero attached hydrogens (tertiary/aromatic N) is 1. The molecule has 1 amide bonds. The molecule has 0 spiro atoms. The van der Waals surface area contributed by atoms with Crippen molar-refractivity contribution >= 4 is 5.91 Å². The van der Waals surface area contributed by atoms with Crippen LogP contribution in [0.2, 0.25) is 0 Å². The van der Waals surface area contributed by atoms with Gasteiger partial charge in [-0.1, -0.05) is 12.8 Å². The highest BCUT2D eigenvalue weighted by molar-refractivity contribution is 5.76. The van der Waals surface area contributed by atoms with Crippen LogP contribution in [-0.4, -0.2) is 29.9 Å². The van der Waals surface area contributed by atoms with Gasteiger partial charge in [-0.15, -0.1) is 0 Å². The van der Waals surface area contributed by atoms with E-state index in [1.54, 1.807) is 0 Å². The largest absolute Gasteiger partial charge is 0.341 e. The van der Waals surface area contributed by atoms with Gasteiger partial charge in [0.2, 0.25) is 5.91 Å². The van der Waals surface area contributed by atoms with Gasteiger partial charge in [0.15, 0.2) is 0 Å². The zero-order chi connectivity index (χ0) is 9.97. The second-order valence-corrected chi connectivity index (χ2v) is 4.74. The van der Waals surface area contributed by atoms with Crippen molar-refractivity contribution in [1.29, 1.82) is 0 Å².